The van der Waals surface area contributed by atoms with E-state index in [0.717, 1.165) is 31.4 Å². The summed E-state index contributed by atoms with van der Waals surface area (Å²) in [5.41, 5.74) is 2.29. The first-order valence-electron chi connectivity index (χ1n) is 7.14. The topological polar surface area (TPSA) is 24.9 Å². The van der Waals surface area contributed by atoms with Gasteiger partial charge in [0.2, 0.25) is 0 Å². The van der Waals surface area contributed by atoms with Gasteiger partial charge < -0.3 is 5.32 Å². The number of rotatable bonds is 7. The number of aromatic nitrogens is 1. The molecule has 2 aromatic rings. The molecule has 0 amide bonds. The lowest BCUT2D eigenvalue weighted by Gasteiger charge is -2.19. The van der Waals surface area contributed by atoms with Crippen molar-refractivity contribution < 1.29 is 4.39 Å². The number of halogens is 1. The van der Waals surface area contributed by atoms with Gasteiger partial charge in [0.25, 0.3) is 0 Å². The molecule has 1 heterocycles. The van der Waals surface area contributed by atoms with Gasteiger partial charge in [-0.25, -0.2) is 4.39 Å². The molecule has 1 atom stereocenters. The number of nitrogens with one attached hydrogen (secondary N) is 1. The van der Waals surface area contributed by atoms with Gasteiger partial charge in [0.05, 0.1) is 0 Å². The second-order valence-corrected chi connectivity index (χ2v) is 5.04. The van der Waals surface area contributed by atoms with Crippen molar-refractivity contribution in [2.45, 2.75) is 32.2 Å². The molecule has 0 saturated carbocycles. The molecule has 0 radical (unpaired) electrons. The lowest BCUT2D eigenvalue weighted by Crippen LogP contribution is -2.33. The smallest absolute Gasteiger partial charge is 0.123 e. The van der Waals surface area contributed by atoms with Crippen LogP contribution in [-0.4, -0.2) is 17.6 Å². The summed E-state index contributed by atoms with van der Waals surface area (Å²) in [6.45, 7) is 3.13. The van der Waals surface area contributed by atoms with Crippen molar-refractivity contribution in [1.29, 1.82) is 0 Å². The molecule has 0 fully saturated rings. The molecule has 0 aliphatic heterocycles. The second-order valence-electron chi connectivity index (χ2n) is 5.04. The molecule has 106 valence electrons. The first kappa shape index (κ1) is 14.7. The van der Waals surface area contributed by atoms with Crippen LogP contribution in [0.1, 0.15) is 24.5 Å². The Balaban J connectivity index is 2.03. The zero-order valence-corrected chi connectivity index (χ0v) is 11.8. The Bertz CT molecular complexity index is 513. The molecule has 0 saturated heterocycles. The van der Waals surface area contributed by atoms with E-state index in [9.17, 15) is 4.39 Å². The van der Waals surface area contributed by atoms with E-state index in [2.05, 4.69) is 17.2 Å². The first-order valence-corrected chi connectivity index (χ1v) is 7.14. The van der Waals surface area contributed by atoms with Gasteiger partial charge in [-0.2, -0.15) is 0 Å². The molecule has 0 aliphatic carbocycles. The summed E-state index contributed by atoms with van der Waals surface area (Å²) in [6, 6.07) is 11.2. The van der Waals surface area contributed by atoms with Crippen LogP contribution in [0.4, 0.5) is 4.39 Å². The largest absolute Gasteiger partial charge is 0.313 e. The van der Waals surface area contributed by atoms with Crippen molar-refractivity contribution in [2.75, 3.05) is 6.54 Å². The third kappa shape index (κ3) is 4.74. The van der Waals surface area contributed by atoms with E-state index in [1.165, 1.54) is 11.6 Å². The minimum absolute atomic E-state index is 0.166. The minimum atomic E-state index is -0.166. The Morgan fingerprint density at radius 2 is 1.85 bits per heavy atom. The highest BCUT2D eigenvalue weighted by Crippen LogP contribution is 2.10. The van der Waals surface area contributed by atoms with Gasteiger partial charge in [-0.1, -0.05) is 19.1 Å². The van der Waals surface area contributed by atoms with Crippen LogP contribution in [0.15, 0.2) is 48.8 Å². The predicted octanol–water partition coefficient (Wildman–Crippen LogP) is 3.37. The Labute approximate surface area is 120 Å². The van der Waals surface area contributed by atoms with Crippen molar-refractivity contribution in [3.05, 3.63) is 65.7 Å². The molecule has 3 heteroatoms. The molecule has 0 aliphatic rings. The summed E-state index contributed by atoms with van der Waals surface area (Å²) in [6.07, 6.45) is 6.48. The van der Waals surface area contributed by atoms with Gasteiger partial charge in [-0.05, 0) is 61.2 Å². The lowest BCUT2D eigenvalue weighted by molar-refractivity contribution is 0.503. The van der Waals surface area contributed by atoms with Crippen molar-refractivity contribution in [2.24, 2.45) is 0 Å². The molecule has 1 unspecified atom stereocenters. The summed E-state index contributed by atoms with van der Waals surface area (Å²) >= 11 is 0. The molecular formula is C17H21FN2. The maximum Gasteiger partial charge on any atom is 0.123 e. The average Bonchev–Trinajstić information content (AvgIpc) is 2.46. The zero-order chi connectivity index (χ0) is 14.2. The van der Waals surface area contributed by atoms with Crippen LogP contribution < -0.4 is 5.32 Å². The molecule has 0 spiro atoms. The molecule has 2 nitrogen and oxygen atoms in total. The van der Waals surface area contributed by atoms with Crippen molar-refractivity contribution >= 4 is 0 Å². The molecular weight excluding hydrogens is 251 g/mol. The molecule has 1 aromatic heterocycles. The highest BCUT2D eigenvalue weighted by molar-refractivity contribution is 5.19. The van der Waals surface area contributed by atoms with Gasteiger partial charge in [-0.15, -0.1) is 0 Å². The Kier molecular flexibility index (Phi) is 5.69. The van der Waals surface area contributed by atoms with Gasteiger partial charge in [0.1, 0.15) is 5.82 Å². The van der Waals surface area contributed by atoms with Gasteiger partial charge in [0, 0.05) is 18.4 Å². The minimum Gasteiger partial charge on any atom is -0.313 e. The summed E-state index contributed by atoms with van der Waals surface area (Å²) in [5, 5.41) is 3.54. The fourth-order valence-corrected chi connectivity index (χ4v) is 2.32. The van der Waals surface area contributed by atoms with Gasteiger partial charge >= 0.3 is 0 Å². The SMILES string of the molecule is CCCNC(Cc1ccncc1)Cc1cccc(F)c1. The highest BCUT2D eigenvalue weighted by Gasteiger charge is 2.10. The van der Waals surface area contributed by atoms with E-state index in [1.54, 1.807) is 12.1 Å². The van der Waals surface area contributed by atoms with Crippen LogP contribution in [0.3, 0.4) is 0 Å². The summed E-state index contributed by atoms with van der Waals surface area (Å²) < 4.78 is 13.3. The number of benzene rings is 1. The van der Waals surface area contributed by atoms with E-state index in [0.29, 0.717) is 6.04 Å². The van der Waals surface area contributed by atoms with Crippen LogP contribution in [0, 0.1) is 5.82 Å². The van der Waals surface area contributed by atoms with E-state index < -0.39 is 0 Å². The highest BCUT2D eigenvalue weighted by atomic mass is 19.1. The summed E-state index contributed by atoms with van der Waals surface area (Å²) in [7, 11) is 0. The monoisotopic (exact) mass is 272 g/mol. The van der Waals surface area contributed by atoms with Crippen LogP contribution >= 0.6 is 0 Å². The fraction of sp³-hybridized carbons (Fsp3) is 0.353. The van der Waals surface area contributed by atoms with Crippen molar-refractivity contribution in [1.82, 2.24) is 10.3 Å². The summed E-state index contributed by atoms with van der Waals surface area (Å²) in [5.74, 6) is -0.166. The van der Waals surface area contributed by atoms with E-state index in [1.807, 2.05) is 30.6 Å². The van der Waals surface area contributed by atoms with Crippen molar-refractivity contribution in [3.63, 3.8) is 0 Å². The average molecular weight is 272 g/mol. The molecule has 1 aromatic carbocycles. The predicted molar refractivity (Wildman–Crippen MR) is 80.1 cm³/mol. The standard InChI is InChI=1S/C17H21FN2/c1-2-8-20-17(12-14-6-9-19-10-7-14)13-15-4-3-5-16(18)11-15/h3-7,9-11,17,20H,2,8,12-13H2,1H3. The first-order chi connectivity index (χ1) is 9.78. The van der Waals surface area contributed by atoms with E-state index in [-0.39, 0.29) is 5.82 Å². The maximum atomic E-state index is 13.3. The second kappa shape index (κ2) is 7.75. The van der Waals surface area contributed by atoms with Crippen LogP contribution in [0.25, 0.3) is 0 Å². The number of nitrogens with zero attached hydrogens (tertiary/aromatic N) is 1. The maximum absolute atomic E-state index is 13.3. The normalized spacial score (nSPS) is 12.3. The molecule has 0 bridgehead atoms. The fourth-order valence-electron chi connectivity index (χ4n) is 2.32. The number of hydrogen-bond acceptors (Lipinski definition) is 2. The lowest BCUT2D eigenvalue weighted by atomic mass is 9.99. The molecule has 20 heavy (non-hydrogen) atoms. The van der Waals surface area contributed by atoms with Crippen molar-refractivity contribution in [3.8, 4) is 0 Å². The van der Waals surface area contributed by atoms with Crippen LogP contribution in [0.2, 0.25) is 0 Å². The van der Waals surface area contributed by atoms with Gasteiger partial charge in [-0.3, -0.25) is 4.98 Å². The van der Waals surface area contributed by atoms with Crippen LogP contribution in [0.5, 0.6) is 0 Å². The zero-order valence-electron chi connectivity index (χ0n) is 11.8. The van der Waals surface area contributed by atoms with Gasteiger partial charge in [0.15, 0.2) is 0 Å². The third-order valence-electron chi connectivity index (χ3n) is 3.29. The number of pyridine rings is 1. The van der Waals surface area contributed by atoms with E-state index in [4.69, 9.17) is 0 Å². The Hall–Kier alpha value is -1.74. The van der Waals surface area contributed by atoms with Crippen LogP contribution in [-0.2, 0) is 12.8 Å². The molecule has 1 N–H and O–H groups in total. The Morgan fingerprint density at radius 3 is 2.55 bits per heavy atom. The quantitative estimate of drug-likeness (QED) is 0.836. The third-order valence-corrected chi connectivity index (χ3v) is 3.29. The van der Waals surface area contributed by atoms with E-state index >= 15 is 0 Å². The number of hydrogen-bond donors (Lipinski definition) is 1. The Morgan fingerprint density at radius 1 is 1.10 bits per heavy atom. The summed E-state index contributed by atoms with van der Waals surface area (Å²) in [4.78, 5) is 4.04. The molecule has 2 rings (SSSR count).